The highest BCUT2D eigenvalue weighted by atomic mass is 16.3. The molecule has 1 amide bonds. The van der Waals surface area contributed by atoms with Gasteiger partial charge >= 0.3 is 0 Å². The fourth-order valence-corrected chi connectivity index (χ4v) is 3.34. The van der Waals surface area contributed by atoms with Gasteiger partial charge in [0.15, 0.2) is 5.82 Å². The summed E-state index contributed by atoms with van der Waals surface area (Å²) in [5.74, 6) is 0.994. The minimum absolute atomic E-state index is 0.145. The first-order valence-electron chi connectivity index (χ1n) is 8.73. The number of benzene rings is 1. The Balaban J connectivity index is 1.90. The lowest BCUT2D eigenvalue weighted by atomic mass is 9.86. The molecule has 0 saturated heterocycles. The van der Waals surface area contributed by atoms with Gasteiger partial charge in [-0.15, -0.1) is 4.91 Å². The normalized spacial score (nSPS) is 14.9. The first-order valence-corrected chi connectivity index (χ1v) is 8.73. The molecule has 1 heterocycles. The average Bonchev–Trinajstić information content (AvgIpc) is 2.64. The number of hydrogen-bond acceptors (Lipinski definition) is 5. The Labute approximate surface area is 147 Å². The molecule has 1 aliphatic rings. The van der Waals surface area contributed by atoms with Gasteiger partial charge in [0, 0.05) is 12.5 Å². The van der Waals surface area contributed by atoms with Gasteiger partial charge in [-0.05, 0) is 29.6 Å². The number of nitroso groups, excluding NO2 is 1. The molecule has 0 unspecified atom stereocenters. The maximum Gasteiger partial charge on any atom is 0.222 e. The van der Waals surface area contributed by atoms with E-state index in [4.69, 9.17) is 4.98 Å². The van der Waals surface area contributed by atoms with Gasteiger partial charge in [0.25, 0.3) is 0 Å². The van der Waals surface area contributed by atoms with Gasteiger partial charge in [-0.25, -0.2) is 9.97 Å². The van der Waals surface area contributed by atoms with E-state index < -0.39 is 0 Å². The summed E-state index contributed by atoms with van der Waals surface area (Å²) in [5.41, 5.74) is 2.82. The van der Waals surface area contributed by atoms with Gasteiger partial charge in [-0.1, -0.05) is 44.2 Å². The van der Waals surface area contributed by atoms with Crippen LogP contribution in [0.5, 0.6) is 0 Å². The fourth-order valence-electron chi connectivity index (χ4n) is 3.34. The van der Waals surface area contributed by atoms with Gasteiger partial charge in [-0.2, -0.15) is 0 Å². The van der Waals surface area contributed by atoms with Crippen LogP contribution in [0.2, 0.25) is 0 Å². The van der Waals surface area contributed by atoms with Crippen molar-refractivity contribution in [3.8, 4) is 11.3 Å². The van der Waals surface area contributed by atoms with Crippen molar-refractivity contribution in [2.45, 2.75) is 45.4 Å². The molecule has 1 aromatic heterocycles. The summed E-state index contributed by atoms with van der Waals surface area (Å²) in [7, 11) is 0. The highest BCUT2D eigenvalue weighted by Gasteiger charge is 2.18. The third-order valence-electron chi connectivity index (χ3n) is 4.61. The molecular formula is C19H22N4O2. The summed E-state index contributed by atoms with van der Waals surface area (Å²) >= 11 is 0. The Morgan fingerprint density at radius 2 is 1.92 bits per heavy atom. The third-order valence-corrected chi connectivity index (χ3v) is 4.61. The summed E-state index contributed by atoms with van der Waals surface area (Å²) < 4.78 is 0. The van der Waals surface area contributed by atoms with Crippen molar-refractivity contribution in [3.63, 3.8) is 0 Å². The molecule has 0 spiro atoms. The van der Waals surface area contributed by atoms with Crippen molar-refractivity contribution in [1.29, 1.82) is 0 Å². The molecule has 0 radical (unpaired) electrons. The molecular weight excluding hydrogens is 316 g/mol. The molecule has 0 aliphatic heterocycles. The number of carbonyl (C=O) groups is 1. The van der Waals surface area contributed by atoms with Gasteiger partial charge in [-0.3, -0.25) is 4.79 Å². The second-order valence-electron chi connectivity index (χ2n) is 6.58. The molecule has 1 fully saturated rings. The van der Waals surface area contributed by atoms with Crippen LogP contribution >= 0.6 is 0 Å². The van der Waals surface area contributed by atoms with E-state index in [1.165, 1.54) is 39.0 Å². The largest absolute Gasteiger partial charge is 0.309 e. The number of rotatable bonds is 5. The molecule has 2 aromatic rings. The Hall–Kier alpha value is -2.63. The minimum Gasteiger partial charge on any atom is -0.309 e. The van der Waals surface area contributed by atoms with E-state index in [9.17, 15) is 9.70 Å². The van der Waals surface area contributed by atoms with E-state index in [0.717, 1.165) is 23.4 Å². The summed E-state index contributed by atoms with van der Waals surface area (Å²) in [4.78, 5) is 31.2. The van der Waals surface area contributed by atoms with Crippen LogP contribution < -0.4 is 5.32 Å². The molecule has 1 aromatic carbocycles. The van der Waals surface area contributed by atoms with Crippen LogP contribution in [-0.2, 0) is 11.2 Å². The van der Waals surface area contributed by atoms with Crippen molar-refractivity contribution in [1.82, 2.24) is 9.97 Å². The SMILES string of the molecule is CC(=O)Nc1ncc(-c2ccc(N=O)cc2)nc1CC1CCCCC1. The Bertz CT molecular complexity index is 753. The zero-order chi connectivity index (χ0) is 17.6. The highest BCUT2D eigenvalue weighted by Crippen LogP contribution is 2.29. The lowest BCUT2D eigenvalue weighted by Crippen LogP contribution is -2.16. The van der Waals surface area contributed by atoms with Crippen LogP contribution in [0.1, 0.15) is 44.7 Å². The minimum atomic E-state index is -0.145. The van der Waals surface area contributed by atoms with Crippen molar-refractivity contribution in [2.24, 2.45) is 11.1 Å². The van der Waals surface area contributed by atoms with Crippen LogP contribution in [0.25, 0.3) is 11.3 Å². The maximum absolute atomic E-state index is 11.5. The molecule has 0 atom stereocenters. The van der Waals surface area contributed by atoms with Crippen LogP contribution in [0.3, 0.4) is 0 Å². The Kier molecular flexibility index (Phi) is 5.48. The zero-order valence-electron chi connectivity index (χ0n) is 14.4. The highest BCUT2D eigenvalue weighted by molar-refractivity contribution is 5.88. The molecule has 25 heavy (non-hydrogen) atoms. The summed E-state index contributed by atoms with van der Waals surface area (Å²) in [6, 6.07) is 6.94. The summed E-state index contributed by atoms with van der Waals surface area (Å²) in [6.07, 6.45) is 8.69. The molecule has 3 rings (SSSR count). The molecule has 1 N–H and O–H groups in total. The number of hydrogen-bond donors (Lipinski definition) is 1. The van der Waals surface area contributed by atoms with Gasteiger partial charge < -0.3 is 5.32 Å². The number of anilines is 1. The smallest absolute Gasteiger partial charge is 0.222 e. The van der Waals surface area contributed by atoms with Crippen molar-refractivity contribution >= 4 is 17.4 Å². The first kappa shape index (κ1) is 17.2. The number of amides is 1. The molecule has 130 valence electrons. The standard InChI is InChI=1S/C19H22N4O2/c1-13(24)21-19-17(11-14-5-3-2-4-6-14)22-18(12-20-19)15-7-9-16(23-25)10-8-15/h7-10,12,14H,2-6,11H2,1H3,(H,20,21,24). The summed E-state index contributed by atoms with van der Waals surface area (Å²) in [5, 5.41) is 5.70. The number of aromatic nitrogens is 2. The van der Waals surface area contributed by atoms with Gasteiger partial charge in [0.05, 0.1) is 17.6 Å². The van der Waals surface area contributed by atoms with Crippen molar-refractivity contribution in [2.75, 3.05) is 5.32 Å². The predicted octanol–water partition coefficient (Wildman–Crippen LogP) is 4.62. The summed E-state index contributed by atoms with van der Waals surface area (Å²) in [6.45, 7) is 1.48. The predicted molar refractivity (Wildman–Crippen MR) is 97.5 cm³/mol. The van der Waals surface area contributed by atoms with Gasteiger partial charge in [0.2, 0.25) is 5.91 Å². The van der Waals surface area contributed by atoms with Gasteiger partial charge in [0.1, 0.15) is 5.69 Å². The van der Waals surface area contributed by atoms with E-state index in [1.807, 2.05) is 12.1 Å². The van der Waals surface area contributed by atoms with Crippen LogP contribution in [0.4, 0.5) is 11.5 Å². The Morgan fingerprint density at radius 3 is 2.56 bits per heavy atom. The molecule has 0 bridgehead atoms. The second-order valence-corrected chi connectivity index (χ2v) is 6.58. The number of carbonyl (C=O) groups excluding carboxylic acids is 1. The van der Waals surface area contributed by atoms with E-state index in [-0.39, 0.29) is 5.91 Å². The van der Waals surface area contributed by atoms with Crippen molar-refractivity contribution < 1.29 is 4.79 Å². The first-order chi connectivity index (χ1) is 12.2. The van der Waals surface area contributed by atoms with Crippen LogP contribution in [0.15, 0.2) is 35.6 Å². The zero-order valence-corrected chi connectivity index (χ0v) is 14.4. The number of nitrogens with zero attached hydrogens (tertiary/aromatic N) is 3. The van der Waals surface area contributed by atoms with Crippen LogP contribution in [-0.4, -0.2) is 15.9 Å². The average molecular weight is 338 g/mol. The molecule has 1 saturated carbocycles. The van der Waals surface area contributed by atoms with E-state index in [0.29, 0.717) is 17.4 Å². The lowest BCUT2D eigenvalue weighted by molar-refractivity contribution is -0.114. The topological polar surface area (TPSA) is 84.3 Å². The maximum atomic E-state index is 11.5. The van der Waals surface area contributed by atoms with E-state index >= 15 is 0 Å². The third kappa shape index (κ3) is 4.47. The monoisotopic (exact) mass is 338 g/mol. The second kappa shape index (κ2) is 7.96. The van der Waals surface area contributed by atoms with Crippen molar-refractivity contribution in [3.05, 3.63) is 41.1 Å². The molecule has 6 heteroatoms. The number of nitrogens with one attached hydrogen (secondary N) is 1. The quantitative estimate of drug-likeness (QED) is 0.806. The fraction of sp³-hybridized carbons (Fsp3) is 0.421. The lowest BCUT2D eigenvalue weighted by Gasteiger charge is -2.22. The molecule has 1 aliphatic carbocycles. The van der Waals surface area contributed by atoms with E-state index in [2.05, 4.69) is 15.5 Å². The van der Waals surface area contributed by atoms with E-state index in [1.54, 1.807) is 18.3 Å². The van der Waals surface area contributed by atoms with Crippen LogP contribution in [0, 0.1) is 10.8 Å². The molecule has 6 nitrogen and oxygen atoms in total. The Morgan fingerprint density at radius 1 is 1.20 bits per heavy atom.